The first kappa shape index (κ1) is 22.8. The molecule has 0 aliphatic carbocycles. The lowest BCUT2D eigenvalue weighted by molar-refractivity contribution is 0.0975. The SMILES string of the molecule is COc1c(Cl)cc(Cl)cc1C(=O)NC(=S)Nc1ccc(-c2nc3ccccc3s2)c(Cl)c1. The van der Waals surface area contributed by atoms with Crippen LogP contribution in [0.25, 0.3) is 20.8 Å². The molecule has 0 unspecified atom stereocenters. The van der Waals surface area contributed by atoms with Gasteiger partial charge in [-0.05, 0) is 54.7 Å². The zero-order chi connectivity index (χ0) is 22.8. The topological polar surface area (TPSA) is 63.2 Å². The Kier molecular flexibility index (Phi) is 6.83. The molecule has 0 saturated heterocycles. The van der Waals surface area contributed by atoms with Gasteiger partial charge in [-0.2, -0.15) is 0 Å². The van der Waals surface area contributed by atoms with E-state index in [4.69, 9.17) is 51.8 Å². The van der Waals surface area contributed by atoms with E-state index in [2.05, 4.69) is 15.6 Å². The van der Waals surface area contributed by atoms with E-state index in [-0.39, 0.29) is 21.4 Å². The van der Waals surface area contributed by atoms with Gasteiger partial charge >= 0.3 is 0 Å². The fraction of sp³-hybridized carbons (Fsp3) is 0.0455. The highest BCUT2D eigenvalue weighted by Gasteiger charge is 2.18. The van der Waals surface area contributed by atoms with E-state index in [0.717, 1.165) is 20.8 Å². The minimum absolute atomic E-state index is 0.0805. The lowest BCUT2D eigenvalue weighted by Gasteiger charge is -2.13. The summed E-state index contributed by atoms with van der Waals surface area (Å²) in [6.45, 7) is 0. The van der Waals surface area contributed by atoms with Crippen molar-refractivity contribution in [3.8, 4) is 16.3 Å². The minimum Gasteiger partial charge on any atom is -0.494 e. The van der Waals surface area contributed by atoms with Crippen molar-refractivity contribution in [2.45, 2.75) is 0 Å². The highest BCUT2D eigenvalue weighted by molar-refractivity contribution is 7.80. The van der Waals surface area contributed by atoms with E-state index < -0.39 is 5.91 Å². The maximum Gasteiger partial charge on any atom is 0.261 e. The molecule has 162 valence electrons. The van der Waals surface area contributed by atoms with Crippen LogP contribution in [0, 0.1) is 0 Å². The third kappa shape index (κ3) is 4.82. The van der Waals surface area contributed by atoms with Gasteiger partial charge in [-0.3, -0.25) is 10.1 Å². The van der Waals surface area contributed by atoms with Crippen LogP contribution in [-0.2, 0) is 0 Å². The number of anilines is 1. The van der Waals surface area contributed by atoms with Gasteiger partial charge in [-0.15, -0.1) is 11.3 Å². The van der Waals surface area contributed by atoms with Gasteiger partial charge in [0, 0.05) is 16.3 Å². The van der Waals surface area contributed by atoms with Crippen molar-refractivity contribution in [3.63, 3.8) is 0 Å². The van der Waals surface area contributed by atoms with Gasteiger partial charge in [0.15, 0.2) is 5.11 Å². The van der Waals surface area contributed by atoms with Crippen LogP contribution in [0.3, 0.4) is 0 Å². The van der Waals surface area contributed by atoms with Crippen LogP contribution in [0.15, 0.2) is 54.6 Å². The molecule has 0 fully saturated rings. The van der Waals surface area contributed by atoms with E-state index >= 15 is 0 Å². The number of nitrogens with one attached hydrogen (secondary N) is 2. The predicted octanol–water partition coefficient (Wildman–Crippen LogP) is 7.06. The lowest BCUT2D eigenvalue weighted by atomic mass is 10.2. The Balaban J connectivity index is 1.49. The summed E-state index contributed by atoms with van der Waals surface area (Å²) in [5.41, 5.74) is 2.51. The zero-order valence-electron chi connectivity index (χ0n) is 16.4. The summed E-state index contributed by atoms with van der Waals surface area (Å²) >= 11 is 25.4. The summed E-state index contributed by atoms with van der Waals surface area (Å²) in [6.07, 6.45) is 0. The molecule has 4 rings (SSSR count). The predicted molar refractivity (Wildman–Crippen MR) is 137 cm³/mol. The minimum atomic E-state index is -0.513. The summed E-state index contributed by atoms with van der Waals surface area (Å²) in [4.78, 5) is 17.3. The molecule has 0 saturated carbocycles. The van der Waals surface area contributed by atoms with Crippen LogP contribution < -0.4 is 15.4 Å². The quantitative estimate of drug-likeness (QED) is 0.281. The molecular formula is C22H14Cl3N3O2S2. The Morgan fingerprint density at radius 1 is 1.06 bits per heavy atom. The number of hydrogen-bond donors (Lipinski definition) is 2. The van der Waals surface area contributed by atoms with Gasteiger partial charge in [-0.25, -0.2) is 4.98 Å². The number of aromatic nitrogens is 1. The number of carbonyl (C=O) groups is 1. The summed E-state index contributed by atoms with van der Waals surface area (Å²) < 4.78 is 6.29. The van der Waals surface area contributed by atoms with Gasteiger partial charge in [0.05, 0.1) is 32.9 Å². The lowest BCUT2D eigenvalue weighted by Crippen LogP contribution is -2.34. The number of amides is 1. The number of carbonyl (C=O) groups excluding carboxylic acids is 1. The largest absolute Gasteiger partial charge is 0.494 e. The molecular weight excluding hydrogens is 509 g/mol. The van der Waals surface area contributed by atoms with Crippen molar-refractivity contribution in [2.24, 2.45) is 0 Å². The smallest absolute Gasteiger partial charge is 0.261 e. The molecule has 2 N–H and O–H groups in total. The Morgan fingerprint density at radius 3 is 2.56 bits per heavy atom. The second-order valence-corrected chi connectivity index (χ2v) is 9.25. The van der Waals surface area contributed by atoms with Crippen molar-refractivity contribution in [3.05, 3.63) is 75.2 Å². The molecule has 4 aromatic rings. The van der Waals surface area contributed by atoms with Crippen molar-refractivity contribution < 1.29 is 9.53 Å². The molecule has 32 heavy (non-hydrogen) atoms. The number of hydrogen-bond acceptors (Lipinski definition) is 5. The number of halogens is 3. The molecule has 0 spiro atoms. The number of nitrogens with zero attached hydrogens (tertiary/aromatic N) is 1. The fourth-order valence-electron chi connectivity index (χ4n) is 3.02. The van der Waals surface area contributed by atoms with Crippen molar-refractivity contribution >= 4 is 85.3 Å². The highest BCUT2D eigenvalue weighted by atomic mass is 35.5. The molecule has 0 radical (unpaired) electrons. The third-order valence-electron chi connectivity index (χ3n) is 4.44. The van der Waals surface area contributed by atoms with Gasteiger partial charge < -0.3 is 10.1 Å². The number of para-hydroxylation sites is 1. The Hall–Kier alpha value is -2.42. The third-order valence-corrected chi connectivity index (χ3v) is 6.52. The molecule has 0 atom stereocenters. The molecule has 5 nitrogen and oxygen atoms in total. The summed E-state index contributed by atoms with van der Waals surface area (Å²) in [5.74, 6) is -0.305. The molecule has 0 aliphatic heterocycles. The standard InChI is InChI=1S/C22H14Cl3N3O2S2/c1-30-19-14(8-11(23)9-16(19)25)20(29)28-22(31)26-12-6-7-13(15(24)10-12)21-27-17-4-2-3-5-18(17)32-21/h2-10H,1H3,(H2,26,28,29,31). The number of methoxy groups -OCH3 is 1. The van der Waals surface area contributed by atoms with Crippen molar-refractivity contribution in [1.29, 1.82) is 0 Å². The highest BCUT2D eigenvalue weighted by Crippen LogP contribution is 2.36. The molecule has 3 aromatic carbocycles. The van der Waals surface area contributed by atoms with Crippen LogP contribution in [0.5, 0.6) is 5.75 Å². The average Bonchev–Trinajstić information content (AvgIpc) is 3.17. The number of benzene rings is 3. The van der Waals surface area contributed by atoms with E-state index in [9.17, 15) is 4.79 Å². The van der Waals surface area contributed by atoms with Crippen LogP contribution in [0.4, 0.5) is 5.69 Å². The number of thiazole rings is 1. The Bertz CT molecular complexity index is 1320. The molecule has 1 aromatic heterocycles. The molecule has 0 aliphatic rings. The van der Waals surface area contributed by atoms with Crippen molar-refractivity contribution in [1.82, 2.24) is 10.3 Å². The van der Waals surface area contributed by atoms with Crippen LogP contribution in [0.1, 0.15) is 10.4 Å². The maximum atomic E-state index is 12.7. The van der Waals surface area contributed by atoms with Gasteiger partial charge in [0.25, 0.3) is 5.91 Å². The average molecular weight is 523 g/mol. The van der Waals surface area contributed by atoms with Gasteiger partial charge in [0.1, 0.15) is 10.8 Å². The summed E-state index contributed by atoms with van der Waals surface area (Å²) in [6, 6.07) is 16.2. The van der Waals surface area contributed by atoms with E-state index in [1.807, 2.05) is 36.4 Å². The number of rotatable bonds is 4. The first-order chi connectivity index (χ1) is 15.4. The fourth-order valence-corrected chi connectivity index (χ4v) is 5.14. The number of thiocarbonyl (C=S) groups is 1. The van der Waals surface area contributed by atoms with E-state index in [1.165, 1.54) is 19.2 Å². The Labute approximate surface area is 208 Å². The van der Waals surface area contributed by atoms with Gasteiger partial charge in [0.2, 0.25) is 0 Å². The summed E-state index contributed by atoms with van der Waals surface area (Å²) in [5, 5.41) is 7.47. The molecule has 1 amide bonds. The van der Waals surface area contributed by atoms with Crippen LogP contribution in [-0.4, -0.2) is 23.1 Å². The zero-order valence-corrected chi connectivity index (χ0v) is 20.3. The van der Waals surface area contributed by atoms with Gasteiger partial charge in [-0.1, -0.05) is 46.9 Å². The van der Waals surface area contributed by atoms with E-state index in [1.54, 1.807) is 17.4 Å². The summed E-state index contributed by atoms with van der Waals surface area (Å²) in [7, 11) is 1.41. The number of ether oxygens (including phenoxy) is 1. The Morgan fingerprint density at radius 2 is 1.84 bits per heavy atom. The van der Waals surface area contributed by atoms with Crippen molar-refractivity contribution in [2.75, 3.05) is 12.4 Å². The van der Waals surface area contributed by atoms with Crippen LogP contribution >= 0.6 is 58.4 Å². The maximum absolute atomic E-state index is 12.7. The molecule has 10 heteroatoms. The first-order valence-electron chi connectivity index (χ1n) is 9.16. The molecule has 0 bridgehead atoms. The number of fused-ring (bicyclic) bond motifs is 1. The van der Waals surface area contributed by atoms with E-state index in [0.29, 0.717) is 15.7 Å². The molecule has 1 heterocycles. The first-order valence-corrected chi connectivity index (χ1v) is 11.5. The normalized spacial score (nSPS) is 10.8. The monoisotopic (exact) mass is 521 g/mol. The second-order valence-electron chi connectivity index (χ2n) is 6.56. The second kappa shape index (κ2) is 9.60. The van der Waals surface area contributed by atoms with Crippen LogP contribution in [0.2, 0.25) is 15.1 Å².